The molecule has 0 aliphatic rings. The molecule has 0 unspecified atom stereocenters. The second-order valence-corrected chi connectivity index (χ2v) is 5.92. The van der Waals surface area contributed by atoms with E-state index < -0.39 is 0 Å². The second-order valence-electron chi connectivity index (χ2n) is 5.92. The van der Waals surface area contributed by atoms with Crippen LogP contribution in [-0.2, 0) is 6.42 Å². The maximum Gasteiger partial charge on any atom is 0.255 e. The first-order valence-corrected chi connectivity index (χ1v) is 8.38. The molecule has 3 aromatic rings. The van der Waals surface area contributed by atoms with Gasteiger partial charge in [-0.15, -0.1) is 0 Å². The maximum absolute atomic E-state index is 12.5. The van der Waals surface area contributed by atoms with E-state index in [0.717, 1.165) is 24.0 Å². The van der Waals surface area contributed by atoms with Crippen LogP contribution in [0, 0.1) is 0 Å². The van der Waals surface area contributed by atoms with Gasteiger partial charge >= 0.3 is 0 Å². The summed E-state index contributed by atoms with van der Waals surface area (Å²) in [5.74, 6) is 0.109. The van der Waals surface area contributed by atoms with Crippen molar-refractivity contribution in [2.75, 3.05) is 11.1 Å². The van der Waals surface area contributed by atoms with E-state index in [-0.39, 0.29) is 5.91 Å². The van der Waals surface area contributed by atoms with Crippen molar-refractivity contribution in [2.24, 2.45) is 0 Å². The number of nitrogens with one attached hydrogen (secondary N) is 1. The summed E-state index contributed by atoms with van der Waals surface area (Å²) < 4.78 is 0. The Morgan fingerprint density at radius 2 is 1.76 bits per heavy atom. The van der Waals surface area contributed by atoms with Gasteiger partial charge in [-0.05, 0) is 35.7 Å². The summed E-state index contributed by atoms with van der Waals surface area (Å²) in [6, 6.07) is 19.4. The van der Waals surface area contributed by atoms with E-state index >= 15 is 0 Å². The molecule has 0 aliphatic carbocycles. The van der Waals surface area contributed by atoms with Crippen molar-refractivity contribution in [1.82, 2.24) is 4.98 Å². The highest BCUT2D eigenvalue weighted by molar-refractivity contribution is 6.05. The summed E-state index contributed by atoms with van der Waals surface area (Å²) in [5, 5.41) is 2.86. The fraction of sp³-hybridized carbons (Fsp3) is 0.143. The van der Waals surface area contributed by atoms with E-state index in [2.05, 4.69) is 17.2 Å². The van der Waals surface area contributed by atoms with Crippen LogP contribution in [0.4, 0.5) is 11.5 Å². The van der Waals surface area contributed by atoms with Crippen LogP contribution in [0.2, 0.25) is 0 Å². The molecule has 126 valence electrons. The average molecular weight is 331 g/mol. The topological polar surface area (TPSA) is 68.0 Å². The van der Waals surface area contributed by atoms with Crippen LogP contribution in [0.3, 0.4) is 0 Å². The molecule has 25 heavy (non-hydrogen) atoms. The first-order valence-electron chi connectivity index (χ1n) is 8.38. The van der Waals surface area contributed by atoms with Crippen LogP contribution in [-0.4, -0.2) is 10.9 Å². The first kappa shape index (κ1) is 16.7. The van der Waals surface area contributed by atoms with Crippen LogP contribution in [0.15, 0.2) is 66.9 Å². The van der Waals surface area contributed by atoms with Crippen LogP contribution in [0.5, 0.6) is 0 Å². The molecule has 0 bridgehead atoms. The Morgan fingerprint density at radius 3 is 2.44 bits per heavy atom. The van der Waals surface area contributed by atoms with E-state index in [1.54, 1.807) is 6.20 Å². The van der Waals surface area contributed by atoms with E-state index in [9.17, 15) is 4.79 Å². The Morgan fingerprint density at radius 1 is 1.04 bits per heavy atom. The molecule has 4 nitrogen and oxygen atoms in total. The number of aryl methyl sites for hydroxylation is 1. The molecule has 0 saturated heterocycles. The standard InChI is InChI=1S/C21H21N3O/c1-2-6-15-9-11-17(12-10-15)21(25)24-19-13-18(14-23-20(19)22)16-7-4-3-5-8-16/h3-5,7-14H,2,6H2,1H3,(H2,22,23)(H,24,25). The van der Waals surface area contributed by atoms with Crippen molar-refractivity contribution in [3.05, 3.63) is 78.0 Å². The molecule has 1 amide bonds. The number of carbonyl (C=O) groups excluding carboxylic acids is 1. The molecule has 0 atom stereocenters. The number of hydrogen-bond donors (Lipinski definition) is 2. The van der Waals surface area contributed by atoms with Gasteiger partial charge < -0.3 is 11.1 Å². The monoisotopic (exact) mass is 331 g/mol. The summed E-state index contributed by atoms with van der Waals surface area (Å²) in [7, 11) is 0. The molecule has 2 aromatic carbocycles. The van der Waals surface area contributed by atoms with E-state index in [4.69, 9.17) is 5.73 Å². The summed E-state index contributed by atoms with van der Waals surface area (Å²) >= 11 is 0. The third-order valence-electron chi connectivity index (χ3n) is 4.03. The fourth-order valence-electron chi connectivity index (χ4n) is 2.67. The highest BCUT2D eigenvalue weighted by atomic mass is 16.1. The van der Waals surface area contributed by atoms with E-state index in [0.29, 0.717) is 17.1 Å². The van der Waals surface area contributed by atoms with Gasteiger partial charge in [-0.3, -0.25) is 4.79 Å². The van der Waals surface area contributed by atoms with E-state index in [1.165, 1.54) is 5.56 Å². The minimum atomic E-state index is -0.193. The smallest absolute Gasteiger partial charge is 0.255 e. The summed E-state index contributed by atoms with van der Waals surface area (Å²) in [4.78, 5) is 16.7. The zero-order valence-electron chi connectivity index (χ0n) is 14.2. The lowest BCUT2D eigenvalue weighted by molar-refractivity contribution is 0.102. The molecular formula is C21H21N3O. The summed E-state index contributed by atoms with van der Waals surface area (Å²) in [6.45, 7) is 2.14. The normalized spacial score (nSPS) is 10.4. The molecule has 0 radical (unpaired) electrons. The predicted molar refractivity (Wildman–Crippen MR) is 102 cm³/mol. The zero-order chi connectivity index (χ0) is 17.6. The minimum Gasteiger partial charge on any atom is -0.382 e. The van der Waals surface area contributed by atoms with Gasteiger partial charge in [0.15, 0.2) is 0 Å². The van der Waals surface area contributed by atoms with Crippen LogP contribution >= 0.6 is 0 Å². The van der Waals surface area contributed by atoms with Gasteiger partial charge in [-0.2, -0.15) is 0 Å². The van der Waals surface area contributed by atoms with E-state index in [1.807, 2.05) is 60.7 Å². The number of pyridine rings is 1. The van der Waals surface area contributed by atoms with Crippen molar-refractivity contribution >= 4 is 17.4 Å². The van der Waals surface area contributed by atoms with Crippen LogP contribution < -0.4 is 11.1 Å². The number of aromatic nitrogens is 1. The van der Waals surface area contributed by atoms with Crippen LogP contribution in [0.1, 0.15) is 29.3 Å². The average Bonchev–Trinajstić information content (AvgIpc) is 2.65. The van der Waals surface area contributed by atoms with Crippen molar-refractivity contribution < 1.29 is 4.79 Å². The van der Waals surface area contributed by atoms with Gasteiger partial charge in [0.1, 0.15) is 5.82 Å². The number of hydrogen-bond acceptors (Lipinski definition) is 3. The van der Waals surface area contributed by atoms with Crippen molar-refractivity contribution in [2.45, 2.75) is 19.8 Å². The van der Waals surface area contributed by atoms with Gasteiger partial charge in [-0.1, -0.05) is 55.8 Å². The molecule has 1 heterocycles. The molecule has 1 aromatic heterocycles. The fourth-order valence-corrected chi connectivity index (χ4v) is 2.67. The lowest BCUT2D eigenvalue weighted by Gasteiger charge is -2.10. The maximum atomic E-state index is 12.5. The highest BCUT2D eigenvalue weighted by Crippen LogP contribution is 2.25. The third-order valence-corrected chi connectivity index (χ3v) is 4.03. The largest absolute Gasteiger partial charge is 0.382 e. The number of benzene rings is 2. The van der Waals surface area contributed by atoms with Gasteiger partial charge in [0.2, 0.25) is 0 Å². The summed E-state index contributed by atoms with van der Waals surface area (Å²) in [6.07, 6.45) is 3.80. The Bertz CT molecular complexity index is 858. The zero-order valence-corrected chi connectivity index (χ0v) is 14.2. The Labute approximate surface area is 147 Å². The first-order chi connectivity index (χ1) is 12.2. The van der Waals surface area contributed by atoms with Gasteiger partial charge in [-0.25, -0.2) is 4.98 Å². The number of carbonyl (C=O) groups is 1. The summed E-state index contributed by atoms with van der Waals surface area (Å²) in [5.41, 5.74) is 10.2. The number of nitrogens with zero attached hydrogens (tertiary/aromatic N) is 1. The minimum absolute atomic E-state index is 0.193. The SMILES string of the molecule is CCCc1ccc(C(=O)Nc2cc(-c3ccccc3)cnc2N)cc1. The number of nitrogen functional groups attached to an aromatic ring is 1. The number of anilines is 2. The molecule has 3 rings (SSSR count). The van der Waals surface area contributed by atoms with Crippen LogP contribution in [0.25, 0.3) is 11.1 Å². The Hall–Kier alpha value is -3.14. The molecule has 4 heteroatoms. The number of amides is 1. The van der Waals surface area contributed by atoms with Crippen molar-refractivity contribution in [3.8, 4) is 11.1 Å². The molecule has 3 N–H and O–H groups in total. The Balaban J connectivity index is 1.81. The van der Waals surface area contributed by atoms with Crippen molar-refractivity contribution in [3.63, 3.8) is 0 Å². The molecule has 0 aliphatic heterocycles. The lowest BCUT2D eigenvalue weighted by atomic mass is 10.1. The lowest BCUT2D eigenvalue weighted by Crippen LogP contribution is -2.14. The quantitative estimate of drug-likeness (QED) is 0.721. The van der Waals surface area contributed by atoms with Crippen molar-refractivity contribution in [1.29, 1.82) is 0 Å². The Kier molecular flexibility index (Phi) is 5.09. The van der Waals surface area contributed by atoms with Gasteiger partial charge in [0.25, 0.3) is 5.91 Å². The molecule has 0 fully saturated rings. The molecule has 0 spiro atoms. The second kappa shape index (κ2) is 7.62. The number of nitrogens with two attached hydrogens (primary N) is 1. The highest BCUT2D eigenvalue weighted by Gasteiger charge is 2.10. The molecular weight excluding hydrogens is 310 g/mol. The van der Waals surface area contributed by atoms with Gasteiger partial charge in [0, 0.05) is 17.3 Å². The number of rotatable bonds is 5. The molecule has 0 saturated carbocycles. The predicted octanol–water partition coefficient (Wildman–Crippen LogP) is 4.54. The van der Waals surface area contributed by atoms with Gasteiger partial charge in [0.05, 0.1) is 5.69 Å². The third kappa shape index (κ3) is 4.04.